The first kappa shape index (κ1) is 45.2. The first-order chi connectivity index (χ1) is 33.8. The Hall–Kier alpha value is -9.00. The Morgan fingerprint density at radius 2 is 0.826 bits per heavy atom. The summed E-state index contributed by atoms with van der Waals surface area (Å²) >= 11 is 0. The molecule has 1 heterocycles. The molecule has 342 valence electrons. The Morgan fingerprint density at radius 3 is 1.25 bits per heavy atom. The van der Waals surface area contributed by atoms with Gasteiger partial charge in [0.2, 0.25) is 0 Å². The van der Waals surface area contributed by atoms with E-state index in [0.717, 1.165) is 106 Å². The third-order valence-electron chi connectivity index (χ3n) is 12.1. The molecule has 0 aliphatic carbocycles. The summed E-state index contributed by atoms with van der Waals surface area (Å²) in [6, 6.07) is 63.5. The molecule has 0 saturated heterocycles. The standard InChI is InChI=1S/C60H51N3O6/c1-64-48-21-7-40(8-22-48)56(41-9-23-49(65-2)24-10-41)37-62(38-57(42-11-25-50(66-3)26-12-42)43-13-27-51(67-4)28-14-43)47-20-34-60-55(36-47)54-35-46(61)19-33-59(54)63(60)39-58(44-15-29-52(68-5)30-16-44)45-17-31-53(69-6)32-18-45/h7-13,15-27,29-39H,61H2,1-6H3/b57-38+. The zero-order chi connectivity index (χ0) is 47.9. The van der Waals surface area contributed by atoms with Gasteiger partial charge in [-0.25, -0.2) is 0 Å². The Balaban J connectivity index is 1.31. The molecular weight excluding hydrogens is 859 g/mol. The van der Waals surface area contributed by atoms with Gasteiger partial charge < -0.3 is 43.6 Å². The van der Waals surface area contributed by atoms with Gasteiger partial charge in [-0.1, -0.05) is 66.7 Å². The third kappa shape index (κ3) is 9.64. The van der Waals surface area contributed by atoms with Crippen LogP contribution < -0.4 is 39.1 Å². The van der Waals surface area contributed by atoms with Crippen LogP contribution in [0.1, 0.15) is 33.4 Å². The first-order valence-electron chi connectivity index (χ1n) is 22.3. The van der Waals surface area contributed by atoms with Crippen LogP contribution in [0.15, 0.2) is 182 Å². The van der Waals surface area contributed by atoms with E-state index in [1.165, 1.54) is 0 Å². The van der Waals surface area contributed by atoms with Gasteiger partial charge >= 0.3 is 0 Å². The van der Waals surface area contributed by atoms with E-state index in [2.05, 4.69) is 113 Å². The van der Waals surface area contributed by atoms with Crippen molar-refractivity contribution in [3.63, 3.8) is 0 Å². The summed E-state index contributed by atoms with van der Waals surface area (Å²) in [5.74, 6) is 4.41. The Kier molecular flexibility index (Phi) is 13.3. The van der Waals surface area contributed by atoms with E-state index in [1.54, 1.807) is 42.7 Å². The van der Waals surface area contributed by atoms with Gasteiger partial charge in [0.25, 0.3) is 0 Å². The minimum Gasteiger partial charge on any atom is -0.497 e. The minimum absolute atomic E-state index is 0.586. The molecule has 0 radical (unpaired) electrons. The van der Waals surface area contributed by atoms with E-state index in [9.17, 15) is 0 Å². The maximum absolute atomic E-state index is 6.61. The van der Waals surface area contributed by atoms with Gasteiger partial charge in [0.15, 0.2) is 5.75 Å². The van der Waals surface area contributed by atoms with Crippen molar-refractivity contribution in [3.8, 4) is 34.5 Å². The molecule has 0 atom stereocenters. The number of hydrogen-bond donors (Lipinski definition) is 1. The number of aromatic nitrogens is 1. The number of benzene rings is 7. The number of methoxy groups -OCH3 is 6. The SMILES string of the molecule is COc1c#cc(/C(=C/N(C=C(c2ccc(OC)cc2)c2ccc(OC)cc2)c2ccc3c(c2)c2cc(N)ccc2n3C=C(c2ccc(OC)cc2)c2ccc(OC)cc2)c2ccc(OC)cc2)cc1. The largest absolute Gasteiger partial charge is 0.497 e. The van der Waals surface area contributed by atoms with Crippen LogP contribution in [-0.2, 0) is 0 Å². The van der Waals surface area contributed by atoms with Gasteiger partial charge in [-0.3, -0.25) is 0 Å². The van der Waals surface area contributed by atoms with E-state index >= 15 is 0 Å². The highest BCUT2D eigenvalue weighted by molar-refractivity contribution is 6.12. The minimum atomic E-state index is 0.586. The summed E-state index contributed by atoms with van der Waals surface area (Å²) in [6.45, 7) is 0. The zero-order valence-corrected chi connectivity index (χ0v) is 39.3. The van der Waals surface area contributed by atoms with Gasteiger partial charge in [-0.15, -0.1) is 0 Å². The molecule has 0 bridgehead atoms. The van der Waals surface area contributed by atoms with Crippen molar-refractivity contribution in [1.82, 2.24) is 4.57 Å². The molecule has 0 unspecified atom stereocenters. The molecule has 8 aromatic carbocycles. The quantitative estimate of drug-likeness (QED) is 0.0959. The average molecular weight is 910 g/mol. The van der Waals surface area contributed by atoms with Crippen molar-refractivity contribution in [2.75, 3.05) is 53.3 Å². The second-order valence-electron chi connectivity index (χ2n) is 16.1. The second-order valence-corrected chi connectivity index (χ2v) is 16.1. The van der Waals surface area contributed by atoms with Crippen LogP contribution in [0.25, 0.3) is 44.7 Å². The fourth-order valence-corrected chi connectivity index (χ4v) is 8.38. The number of rotatable bonds is 16. The number of nitrogens with zero attached hydrogens (tertiary/aromatic N) is 2. The van der Waals surface area contributed by atoms with Gasteiger partial charge in [-0.2, -0.15) is 0 Å². The molecule has 9 heteroatoms. The van der Waals surface area contributed by atoms with Gasteiger partial charge in [-0.05, 0) is 143 Å². The van der Waals surface area contributed by atoms with Crippen LogP contribution in [0.4, 0.5) is 11.4 Å². The maximum atomic E-state index is 6.61. The van der Waals surface area contributed by atoms with Crippen LogP contribution in [0.3, 0.4) is 0 Å². The Labute approximate surface area is 403 Å². The predicted molar refractivity (Wildman–Crippen MR) is 279 cm³/mol. The Bertz CT molecular complexity index is 3040. The van der Waals surface area contributed by atoms with Crippen molar-refractivity contribution >= 4 is 56.1 Å². The number of hydrogen-bond acceptors (Lipinski definition) is 8. The lowest BCUT2D eigenvalue weighted by Crippen LogP contribution is -2.11. The smallest absolute Gasteiger partial charge is 0.169 e. The fraction of sp³-hybridized carbons (Fsp3) is 0.100. The molecule has 9 aromatic rings. The van der Waals surface area contributed by atoms with Gasteiger partial charge in [0, 0.05) is 63.0 Å². The molecule has 0 aliphatic heterocycles. The molecule has 1 aromatic heterocycles. The van der Waals surface area contributed by atoms with Gasteiger partial charge in [0.1, 0.15) is 28.7 Å². The van der Waals surface area contributed by atoms with Crippen molar-refractivity contribution in [2.45, 2.75) is 0 Å². The molecule has 0 spiro atoms. The predicted octanol–water partition coefficient (Wildman–Crippen LogP) is 13.1. The van der Waals surface area contributed by atoms with Crippen molar-refractivity contribution in [2.24, 2.45) is 0 Å². The molecule has 9 rings (SSSR count). The summed E-state index contributed by atoms with van der Waals surface area (Å²) in [7, 11) is 9.99. The van der Waals surface area contributed by atoms with Crippen LogP contribution in [0.2, 0.25) is 0 Å². The van der Waals surface area contributed by atoms with Crippen LogP contribution >= 0.6 is 0 Å². The molecule has 9 nitrogen and oxygen atoms in total. The third-order valence-corrected chi connectivity index (χ3v) is 12.1. The number of nitrogen functional groups attached to an aromatic ring is 1. The average Bonchev–Trinajstić information content (AvgIpc) is 3.71. The van der Waals surface area contributed by atoms with E-state index in [4.69, 9.17) is 34.2 Å². The van der Waals surface area contributed by atoms with Crippen molar-refractivity contribution < 1.29 is 28.4 Å². The lowest BCUT2D eigenvalue weighted by atomic mass is 9.97. The molecule has 69 heavy (non-hydrogen) atoms. The van der Waals surface area contributed by atoms with E-state index in [0.29, 0.717) is 11.4 Å². The van der Waals surface area contributed by atoms with Crippen LogP contribution in [0.5, 0.6) is 34.5 Å². The lowest BCUT2D eigenvalue weighted by Gasteiger charge is -2.22. The second kappa shape index (κ2) is 20.3. The number of anilines is 2. The Morgan fingerprint density at radius 1 is 0.420 bits per heavy atom. The van der Waals surface area contributed by atoms with Crippen LogP contribution in [0, 0.1) is 12.1 Å². The summed E-state index contributed by atoms with van der Waals surface area (Å²) in [4.78, 5) is 2.17. The highest BCUT2D eigenvalue weighted by Gasteiger charge is 2.18. The molecule has 0 amide bonds. The highest BCUT2D eigenvalue weighted by Crippen LogP contribution is 2.39. The van der Waals surface area contributed by atoms with Gasteiger partial charge in [0.05, 0.1) is 53.7 Å². The summed E-state index contributed by atoms with van der Waals surface area (Å²) in [5, 5.41) is 2.01. The number of nitrogens with two attached hydrogens (primary N) is 1. The van der Waals surface area contributed by atoms with E-state index < -0.39 is 0 Å². The molecule has 2 N–H and O–H groups in total. The van der Waals surface area contributed by atoms with E-state index in [1.807, 2.05) is 97.1 Å². The molecule has 0 aliphatic rings. The number of fused-ring (bicyclic) bond motifs is 3. The first-order valence-corrected chi connectivity index (χ1v) is 22.3. The monoisotopic (exact) mass is 909 g/mol. The van der Waals surface area contributed by atoms with E-state index in [-0.39, 0.29) is 0 Å². The summed E-state index contributed by atoms with van der Waals surface area (Å²) in [5.41, 5.74) is 18.8. The van der Waals surface area contributed by atoms with Crippen LogP contribution in [-0.4, -0.2) is 47.2 Å². The maximum Gasteiger partial charge on any atom is 0.169 e. The highest BCUT2D eigenvalue weighted by atomic mass is 16.5. The topological polar surface area (TPSA) is 89.6 Å². The number of ether oxygens (including phenoxy) is 6. The van der Waals surface area contributed by atoms with Crippen molar-refractivity contribution in [1.29, 1.82) is 0 Å². The molecule has 0 saturated carbocycles. The zero-order valence-electron chi connectivity index (χ0n) is 39.3. The summed E-state index contributed by atoms with van der Waals surface area (Å²) < 4.78 is 35.6. The van der Waals surface area contributed by atoms with Crippen molar-refractivity contribution in [3.05, 3.63) is 228 Å². The lowest BCUT2D eigenvalue weighted by molar-refractivity contribution is 0.414. The fourth-order valence-electron chi connectivity index (χ4n) is 8.38. The molecule has 0 fully saturated rings. The molecular formula is C60H51N3O6. The summed E-state index contributed by atoms with van der Waals surface area (Å²) in [6.07, 6.45) is 6.51. The normalized spacial score (nSPS) is 11.1.